The lowest BCUT2D eigenvalue weighted by Crippen LogP contribution is -2.68. The predicted octanol–water partition coefficient (Wildman–Crippen LogP) is 5.12. The smallest absolute Gasteiger partial charge is 0.306 e. The number of hydrogen-bond acceptors (Lipinski definition) is 8. The van der Waals surface area contributed by atoms with Crippen LogP contribution < -0.4 is 0 Å². The van der Waals surface area contributed by atoms with Gasteiger partial charge in [-0.1, -0.05) is 34.1 Å². The molecule has 4 saturated carbocycles. The Kier molecular flexibility index (Phi) is 8.91. The fourth-order valence-corrected chi connectivity index (χ4v) is 10.5. The van der Waals surface area contributed by atoms with Gasteiger partial charge >= 0.3 is 23.9 Å². The lowest BCUT2D eigenvalue weighted by Gasteiger charge is -2.66. The number of carboxylic acid groups (broad SMARTS) is 1. The molecule has 11 atom stereocenters. The first-order valence-corrected chi connectivity index (χ1v) is 15.6. The third-order valence-electron chi connectivity index (χ3n) is 12.0. The van der Waals surface area contributed by atoms with Crippen LogP contribution >= 0.6 is 0 Å². The first kappa shape index (κ1) is 31.8. The molecule has 4 aliphatic carbocycles. The van der Waals surface area contributed by atoms with E-state index in [1.54, 1.807) is 0 Å². The monoisotopic (exact) mass is 578 g/mol. The molecule has 232 valence electrons. The maximum atomic E-state index is 12.3. The third-order valence-corrected chi connectivity index (χ3v) is 12.0. The maximum Gasteiger partial charge on any atom is 0.306 e. The minimum Gasteiger partial charge on any atom is -0.481 e. The van der Waals surface area contributed by atoms with Crippen LogP contribution in [0.5, 0.6) is 0 Å². The van der Waals surface area contributed by atoms with E-state index in [1.165, 1.54) is 20.8 Å². The minimum absolute atomic E-state index is 0.0186. The summed E-state index contributed by atoms with van der Waals surface area (Å²) >= 11 is 0. The molecule has 0 bridgehead atoms. The summed E-state index contributed by atoms with van der Waals surface area (Å²) in [7, 11) is 0. The number of aliphatic hydroxyl groups is 1. The summed E-state index contributed by atoms with van der Waals surface area (Å²) in [6.07, 6.45) is 4.48. The second-order valence-corrected chi connectivity index (χ2v) is 14.1. The second-order valence-electron chi connectivity index (χ2n) is 14.1. The van der Waals surface area contributed by atoms with Crippen molar-refractivity contribution in [2.75, 3.05) is 0 Å². The van der Waals surface area contributed by atoms with Gasteiger partial charge in [-0.05, 0) is 90.8 Å². The van der Waals surface area contributed by atoms with Crippen molar-refractivity contribution in [1.29, 1.82) is 0 Å². The van der Waals surface area contributed by atoms with E-state index in [1.807, 2.05) is 0 Å². The van der Waals surface area contributed by atoms with Crippen LogP contribution in [-0.4, -0.2) is 52.1 Å². The average Bonchev–Trinajstić information content (AvgIpc) is 3.20. The van der Waals surface area contributed by atoms with E-state index in [0.717, 1.165) is 25.7 Å². The van der Waals surface area contributed by atoms with E-state index < -0.39 is 41.9 Å². The molecular formula is C32H50O9. The SMILES string of the molecule is CC[C@H]1[C@@H](O)[C@@H]2[C@H](CC[C@]3(C)[C@@H]([C@H](C)CCC(=O)O)CC[C@@H]23)[C@@]2(C)CC(OC(C)=O)C(OC(C)=O)(OC(C)=O)C[C@@H]12. The Bertz CT molecular complexity index is 1020. The highest BCUT2D eigenvalue weighted by Gasteiger charge is 2.69. The fourth-order valence-electron chi connectivity index (χ4n) is 10.5. The number of carboxylic acids is 1. The van der Waals surface area contributed by atoms with Gasteiger partial charge in [-0.3, -0.25) is 19.2 Å². The Morgan fingerprint density at radius 3 is 2.02 bits per heavy atom. The maximum absolute atomic E-state index is 12.3. The Hall–Kier alpha value is -2.16. The zero-order chi connectivity index (χ0) is 30.5. The Labute approximate surface area is 244 Å². The molecule has 0 saturated heterocycles. The number of aliphatic hydroxyl groups excluding tert-OH is 1. The van der Waals surface area contributed by atoms with Crippen LogP contribution in [0.1, 0.15) is 106 Å². The lowest BCUT2D eigenvalue weighted by molar-refractivity contribution is -0.314. The van der Waals surface area contributed by atoms with E-state index in [4.69, 9.17) is 14.2 Å². The van der Waals surface area contributed by atoms with Crippen molar-refractivity contribution in [2.45, 2.75) is 124 Å². The van der Waals surface area contributed by atoms with Crippen molar-refractivity contribution < 1.29 is 43.6 Å². The Balaban J connectivity index is 1.72. The van der Waals surface area contributed by atoms with Gasteiger partial charge in [-0.25, -0.2) is 0 Å². The van der Waals surface area contributed by atoms with E-state index >= 15 is 0 Å². The number of ether oxygens (including phenoxy) is 3. The highest BCUT2D eigenvalue weighted by molar-refractivity contribution is 5.70. The summed E-state index contributed by atoms with van der Waals surface area (Å²) in [6.45, 7) is 12.7. The summed E-state index contributed by atoms with van der Waals surface area (Å²) < 4.78 is 17.3. The number of carbonyl (C=O) groups is 4. The average molecular weight is 579 g/mol. The highest BCUT2D eigenvalue weighted by Crippen LogP contribution is 2.70. The summed E-state index contributed by atoms with van der Waals surface area (Å²) in [5.74, 6) is -3.31. The molecule has 9 heteroatoms. The van der Waals surface area contributed by atoms with Crippen molar-refractivity contribution in [1.82, 2.24) is 0 Å². The van der Waals surface area contributed by atoms with Gasteiger partial charge in [-0.15, -0.1) is 0 Å². The van der Waals surface area contributed by atoms with Gasteiger partial charge in [0.05, 0.1) is 6.10 Å². The normalized spacial score (nSPS) is 41.7. The quantitative estimate of drug-likeness (QED) is 0.297. The number of hydrogen-bond donors (Lipinski definition) is 2. The molecule has 0 aromatic heterocycles. The van der Waals surface area contributed by atoms with Gasteiger partial charge in [0, 0.05) is 33.6 Å². The van der Waals surface area contributed by atoms with Crippen molar-refractivity contribution in [2.24, 2.45) is 52.3 Å². The number of rotatable bonds is 8. The molecule has 2 N–H and O–H groups in total. The van der Waals surface area contributed by atoms with Crippen LogP contribution in [0.3, 0.4) is 0 Å². The van der Waals surface area contributed by atoms with Gasteiger partial charge in [0.25, 0.3) is 5.79 Å². The summed E-state index contributed by atoms with van der Waals surface area (Å²) in [5.41, 5.74) is -0.326. The van der Waals surface area contributed by atoms with Gasteiger partial charge in [0.2, 0.25) is 0 Å². The molecule has 1 unspecified atom stereocenters. The van der Waals surface area contributed by atoms with E-state index in [0.29, 0.717) is 37.0 Å². The van der Waals surface area contributed by atoms with Crippen LogP contribution in [0.15, 0.2) is 0 Å². The Morgan fingerprint density at radius 1 is 0.878 bits per heavy atom. The molecule has 4 fully saturated rings. The van der Waals surface area contributed by atoms with Crippen LogP contribution in [0.4, 0.5) is 0 Å². The predicted molar refractivity (Wildman–Crippen MR) is 149 cm³/mol. The molecule has 4 aliphatic rings. The number of carbonyl (C=O) groups excluding carboxylic acids is 3. The lowest BCUT2D eigenvalue weighted by atomic mass is 9.41. The highest BCUT2D eigenvalue weighted by atomic mass is 16.8. The fraction of sp³-hybridized carbons (Fsp3) is 0.875. The van der Waals surface area contributed by atoms with Crippen molar-refractivity contribution in [3.05, 3.63) is 0 Å². The minimum atomic E-state index is -1.74. The number of aliphatic carboxylic acids is 1. The largest absolute Gasteiger partial charge is 0.481 e. The summed E-state index contributed by atoms with van der Waals surface area (Å²) in [4.78, 5) is 48.2. The molecule has 0 aromatic carbocycles. The summed E-state index contributed by atoms with van der Waals surface area (Å²) in [5, 5.41) is 21.4. The van der Waals surface area contributed by atoms with Gasteiger partial charge in [0.15, 0.2) is 6.10 Å². The third kappa shape index (κ3) is 5.52. The molecule has 9 nitrogen and oxygen atoms in total. The molecule has 41 heavy (non-hydrogen) atoms. The van der Waals surface area contributed by atoms with Gasteiger partial charge in [0.1, 0.15) is 0 Å². The Morgan fingerprint density at radius 2 is 1.49 bits per heavy atom. The number of esters is 3. The van der Waals surface area contributed by atoms with E-state index in [-0.39, 0.29) is 47.3 Å². The van der Waals surface area contributed by atoms with Crippen LogP contribution in [-0.2, 0) is 33.4 Å². The molecule has 0 spiro atoms. The topological polar surface area (TPSA) is 136 Å². The molecular weight excluding hydrogens is 528 g/mol. The molecule has 0 heterocycles. The van der Waals surface area contributed by atoms with Gasteiger partial charge in [-0.2, -0.15) is 0 Å². The van der Waals surface area contributed by atoms with Gasteiger partial charge < -0.3 is 24.4 Å². The zero-order valence-electron chi connectivity index (χ0n) is 25.8. The van der Waals surface area contributed by atoms with Crippen molar-refractivity contribution in [3.8, 4) is 0 Å². The second kappa shape index (κ2) is 11.5. The first-order chi connectivity index (χ1) is 19.1. The zero-order valence-corrected chi connectivity index (χ0v) is 25.8. The van der Waals surface area contributed by atoms with E-state index in [2.05, 4.69) is 27.7 Å². The molecule has 0 aliphatic heterocycles. The van der Waals surface area contributed by atoms with Crippen LogP contribution in [0, 0.1) is 52.3 Å². The summed E-state index contributed by atoms with van der Waals surface area (Å²) in [6, 6.07) is 0. The first-order valence-electron chi connectivity index (χ1n) is 15.6. The molecule has 0 radical (unpaired) electrons. The van der Waals surface area contributed by atoms with Crippen LogP contribution in [0.2, 0.25) is 0 Å². The van der Waals surface area contributed by atoms with E-state index in [9.17, 15) is 29.4 Å². The van der Waals surface area contributed by atoms with Crippen LogP contribution in [0.25, 0.3) is 0 Å². The number of fused-ring (bicyclic) bond motifs is 5. The molecule has 0 amide bonds. The standard InChI is InChI=1S/C32H50O9/c1-8-21-25-15-32(40-19(4)34,41-20(5)35)26(39-18(3)33)16-31(25,7)24-13-14-30(6)22(17(2)9-12-27(36)37)10-11-23(30)28(24)29(21)38/h17,21-26,28-29,38H,8-16H2,1-7H3,(H,36,37)/t17-,21-,22-,23+,24+,25+,26?,28+,29-,30-,31-/m1/s1. The van der Waals surface area contributed by atoms with Crippen molar-refractivity contribution in [3.63, 3.8) is 0 Å². The van der Waals surface area contributed by atoms with Crippen molar-refractivity contribution >= 4 is 23.9 Å². The molecule has 0 aromatic rings. The molecule has 4 rings (SSSR count).